The number of aromatic nitrogens is 5. The van der Waals surface area contributed by atoms with Crippen LogP contribution in [0.2, 0.25) is 0 Å². The zero-order valence-electron chi connectivity index (χ0n) is 13.6. The lowest BCUT2D eigenvalue weighted by Crippen LogP contribution is -2.31. The first-order valence-electron chi connectivity index (χ1n) is 8.05. The Morgan fingerprint density at radius 3 is 2.70 bits per heavy atom. The summed E-state index contributed by atoms with van der Waals surface area (Å²) in [7, 11) is -3.93. The van der Waals surface area contributed by atoms with Gasteiger partial charge in [0.05, 0.1) is 10.9 Å². The van der Waals surface area contributed by atoms with Crippen LogP contribution < -0.4 is 5.69 Å². The van der Waals surface area contributed by atoms with Gasteiger partial charge in [-0.05, 0) is 31.0 Å². The topological polar surface area (TPSA) is 91.3 Å². The van der Waals surface area contributed by atoms with Crippen LogP contribution in [0, 0.1) is 5.82 Å². The Kier molecular flexibility index (Phi) is 3.38. The maximum absolute atomic E-state index is 14.6. The molecule has 138 valence electrons. The Bertz CT molecular complexity index is 1400. The molecule has 3 aromatic heterocycles. The highest BCUT2D eigenvalue weighted by Crippen LogP contribution is 2.31. The molecule has 5 rings (SSSR count). The van der Waals surface area contributed by atoms with Crippen LogP contribution in [0.3, 0.4) is 0 Å². The van der Waals surface area contributed by atoms with Crippen molar-refractivity contribution < 1.29 is 12.8 Å². The summed E-state index contributed by atoms with van der Waals surface area (Å²) in [5.74, 6) is -0.669. The van der Waals surface area contributed by atoms with Gasteiger partial charge in [-0.3, -0.25) is 4.57 Å². The summed E-state index contributed by atoms with van der Waals surface area (Å²) >= 11 is 3.17. The Labute approximate surface area is 160 Å². The summed E-state index contributed by atoms with van der Waals surface area (Å²) in [6.45, 7) is 0. The molecular formula is C16H11BrFN5O3S. The quantitative estimate of drug-likeness (QED) is 0.475. The van der Waals surface area contributed by atoms with Crippen molar-refractivity contribution in [3.05, 3.63) is 57.4 Å². The van der Waals surface area contributed by atoms with Gasteiger partial charge in [-0.25, -0.2) is 27.1 Å². The van der Waals surface area contributed by atoms with E-state index in [1.54, 1.807) is 12.3 Å². The fourth-order valence-electron chi connectivity index (χ4n) is 3.07. The van der Waals surface area contributed by atoms with Crippen LogP contribution in [-0.4, -0.2) is 36.8 Å². The molecule has 0 atom stereocenters. The normalized spacial score (nSPS) is 15.0. The zero-order chi connectivity index (χ0) is 18.9. The van der Waals surface area contributed by atoms with Crippen molar-refractivity contribution in [1.82, 2.24) is 23.1 Å². The van der Waals surface area contributed by atoms with Crippen molar-refractivity contribution >= 4 is 42.8 Å². The van der Waals surface area contributed by atoms with Gasteiger partial charge in [0.2, 0.25) is 10.0 Å². The molecule has 0 aliphatic heterocycles. The van der Waals surface area contributed by atoms with Crippen LogP contribution in [-0.2, 0) is 10.0 Å². The second-order valence-corrected chi connectivity index (χ2v) is 9.28. The molecule has 27 heavy (non-hydrogen) atoms. The summed E-state index contributed by atoms with van der Waals surface area (Å²) < 4.78 is 43.9. The minimum atomic E-state index is -3.93. The Balaban J connectivity index is 1.96. The van der Waals surface area contributed by atoms with E-state index in [2.05, 4.69) is 26.0 Å². The number of hydrogen-bond donors (Lipinski definition) is 0. The molecule has 0 N–H and O–H groups in total. The van der Waals surface area contributed by atoms with Crippen molar-refractivity contribution in [3.8, 4) is 5.69 Å². The first kappa shape index (κ1) is 16.6. The van der Waals surface area contributed by atoms with E-state index in [4.69, 9.17) is 0 Å². The number of halogens is 2. The average molecular weight is 452 g/mol. The van der Waals surface area contributed by atoms with E-state index in [1.165, 1.54) is 28.9 Å². The predicted molar refractivity (Wildman–Crippen MR) is 99.1 cm³/mol. The zero-order valence-corrected chi connectivity index (χ0v) is 16.0. The molecule has 0 amide bonds. The first-order valence-corrected chi connectivity index (χ1v) is 10.4. The monoisotopic (exact) mass is 451 g/mol. The first-order chi connectivity index (χ1) is 12.9. The third-order valence-corrected chi connectivity index (χ3v) is 7.14. The third-order valence-electron chi connectivity index (χ3n) is 4.50. The minimum absolute atomic E-state index is 0.0558. The Morgan fingerprint density at radius 2 is 2.00 bits per heavy atom. The van der Waals surface area contributed by atoms with E-state index >= 15 is 0 Å². The lowest BCUT2D eigenvalue weighted by atomic mass is 10.3. The van der Waals surface area contributed by atoms with Crippen LogP contribution in [0.15, 0.2) is 45.9 Å². The van der Waals surface area contributed by atoms with Gasteiger partial charge in [-0.2, -0.15) is 3.97 Å². The molecule has 1 aliphatic carbocycles. The molecule has 1 fully saturated rings. The predicted octanol–water partition coefficient (Wildman–Crippen LogP) is 2.08. The van der Waals surface area contributed by atoms with Gasteiger partial charge in [-0.15, -0.1) is 5.10 Å². The molecule has 4 aromatic rings. The molecule has 0 spiro atoms. The molecular weight excluding hydrogens is 441 g/mol. The minimum Gasteiger partial charge on any atom is -0.255 e. The van der Waals surface area contributed by atoms with E-state index in [9.17, 15) is 17.6 Å². The number of hydrogen-bond acceptors (Lipinski definition) is 5. The number of fused-ring (bicyclic) bond motifs is 2. The number of benzene rings is 1. The molecule has 8 nitrogen and oxygen atoms in total. The highest BCUT2D eigenvalue weighted by atomic mass is 79.9. The molecule has 11 heteroatoms. The van der Waals surface area contributed by atoms with E-state index in [0.717, 1.165) is 4.57 Å². The van der Waals surface area contributed by atoms with Gasteiger partial charge in [0, 0.05) is 22.9 Å². The highest BCUT2D eigenvalue weighted by Gasteiger charge is 2.40. The van der Waals surface area contributed by atoms with Gasteiger partial charge in [0.25, 0.3) is 0 Å². The van der Waals surface area contributed by atoms with E-state index in [1.807, 2.05) is 0 Å². The second-order valence-electron chi connectivity index (χ2n) is 6.31. The summed E-state index contributed by atoms with van der Waals surface area (Å²) in [6, 6.07) is 5.71. The van der Waals surface area contributed by atoms with Crippen molar-refractivity contribution in [2.24, 2.45) is 0 Å². The summed E-state index contributed by atoms with van der Waals surface area (Å²) in [4.78, 5) is 17.2. The van der Waals surface area contributed by atoms with Crippen LogP contribution in [0.5, 0.6) is 0 Å². The molecule has 1 saturated carbocycles. The summed E-state index contributed by atoms with van der Waals surface area (Å²) in [6.07, 6.45) is 4.03. The highest BCUT2D eigenvalue weighted by molar-refractivity contribution is 9.10. The molecule has 1 aromatic carbocycles. The van der Waals surface area contributed by atoms with Crippen molar-refractivity contribution in [1.29, 1.82) is 0 Å². The lowest BCUT2D eigenvalue weighted by Gasteiger charge is -2.05. The fraction of sp³-hybridized carbons (Fsp3) is 0.188. The summed E-state index contributed by atoms with van der Waals surface area (Å²) in [5.41, 5.74) is -0.409. The fourth-order valence-corrected chi connectivity index (χ4v) is 5.10. The summed E-state index contributed by atoms with van der Waals surface area (Å²) in [5, 5.41) is 3.63. The van der Waals surface area contributed by atoms with E-state index < -0.39 is 26.8 Å². The second kappa shape index (κ2) is 5.49. The average Bonchev–Trinajstić information content (AvgIpc) is 3.31. The van der Waals surface area contributed by atoms with Crippen LogP contribution in [0.4, 0.5) is 4.39 Å². The Hall–Kier alpha value is -2.53. The van der Waals surface area contributed by atoms with Crippen LogP contribution in [0.25, 0.3) is 22.5 Å². The van der Waals surface area contributed by atoms with E-state index in [-0.39, 0.29) is 16.9 Å². The van der Waals surface area contributed by atoms with E-state index in [0.29, 0.717) is 26.9 Å². The Morgan fingerprint density at radius 1 is 1.22 bits per heavy atom. The number of nitrogens with zero attached hydrogens (tertiary/aromatic N) is 5. The molecule has 1 aliphatic rings. The molecule has 0 unspecified atom stereocenters. The molecule has 0 saturated heterocycles. The van der Waals surface area contributed by atoms with Gasteiger partial charge < -0.3 is 0 Å². The van der Waals surface area contributed by atoms with Gasteiger partial charge in [-0.1, -0.05) is 15.9 Å². The lowest BCUT2D eigenvalue weighted by molar-refractivity contribution is 0.583. The van der Waals surface area contributed by atoms with Crippen LogP contribution >= 0.6 is 15.9 Å². The van der Waals surface area contributed by atoms with Gasteiger partial charge in [0.15, 0.2) is 11.3 Å². The number of imidazole rings is 2. The SMILES string of the molecule is O=c1n(-c2ccc(Br)cc2F)c2cc3nccn3nc2n1S(=O)(=O)C1CC1. The van der Waals surface area contributed by atoms with Crippen molar-refractivity contribution in [3.63, 3.8) is 0 Å². The van der Waals surface area contributed by atoms with Gasteiger partial charge in [0.1, 0.15) is 11.3 Å². The van der Waals surface area contributed by atoms with Crippen molar-refractivity contribution in [2.45, 2.75) is 18.1 Å². The maximum Gasteiger partial charge on any atom is 0.349 e. The standard InChI is InChI=1S/C16H11BrFN5O3S/c17-9-1-4-12(11(18)7-9)22-13-8-14-19-5-6-21(14)20-15(13)23(16(22)24)27(25,26)10-2-3-10/h1,4-8,10H,2-3H2. The molecule has 0 bridgehead atoms. The van der Waals surface area contributed by atoms with Gasteiger partial charge >= 0.3 is 5.69 Å². The molecule has 0 radical (unpaired) electrons. The smallest absolute Gasteiger partial charge is 0.255 e. The van der Waals surface area contributed by atoms with Crippen LogP contribution in [0.1, 0.15) is 12.8 Å². The molecule has 3 heterocycles. The largest absolute Gasteiger partial charge is 0.349 e. The maximum atomic E-state index is 14.6. The van der Waals surface area contributed by atoms with Crippen molar-refractivity contribution in [2.75, 3.05) is 0 Å². The third kappa shape index (κ3) is 2.38. The number of rotatable bonds is 3.